The highest BCUT2D eigenvalue weighted by molar-refractivity contribution is 7.26. The number of para-hydroxylation sites is 1. The molecule has 0 bridgehead atoms. The van der Waals surface area contributed by atoms with Crippen LogP contribution in [-0.4, -0.2) is 4.57 Å². The third-order valence-electron chi connectivity index (χ3n) is 5.79. The molecule has 2 heteroatoms. The summed E-state index contributed by atoms with van der Waals surface area (Å²) in [6.07, 6.45) is 4.99. The van der Waals surface area contributed by atoms with Crippen LogP contribution in [0.1, 0.15) is 24.1 Å². The van der Waals surface area contributed by atoms with Gasteiger partial charge in [0.1, 0.15) is 0 Å². The van der Waals surface area contributed by atoms with E-state index >= 15 is 0 Å². The van der Waals surface area contributed by atoms with Crippen molar-refractivity contribution in [1.29, 1.82) is 0 Å². The van der Waals surface area contributed by atoms with E-state index in [4.69, 9.17) is 0 Å². The number of hydrogen-bond donors (Lipinski definition) is 0. The van der Waals surface area contributed by atoms with Gasteiger partial charge in [0.25, 0.3) is 0 Å². The maximum atomic E-state index is 2.56. The van der Waals surface area contributed by atoms with Crippen LogP contribution in [0, 0.1) is 0 Å². The molecule has 0 aliphatic heterocycles. The van der Waals surface area contributed by atoms with E-state index in [-0.39, 0.29) is 0 Å². The van der Waals surface area contributed by atoms with Gasteiger partial charge in [0.15, 0.2) is 0 Å². The third kappa shape index (κ3) is 1.91. The Balaban J connectivity index is 1.88. The molecule has 0 saturated carbocycles. The molecule has 1 aliphatic carbocycles. The Bertz CT molecular complexity index is 1270. The Labute approximate surface area is 156 Å². The van der Waals surface area contributed by atoms with Crippen molar-refractivity contribution in [2.45, 2.75) is 25.7 Å². The zero-order chi connectivity index (χ0) is 17.1. The fraction of sp³-hybridized carbons (Fsp3) is 0.167. The first kappa shape index (κ1) is 14.6. The van der Waals surface area contributed by atoms with E-state index in [0.29, 0.717) is 0 Å². The standard InChI is InChI=1S/C24H19NS/c1-2-8-16(9-3-1)25-20-12-6-4-10-17(20)18-14-15-22-23(24(18)25)19-11-5-7-13-21(19)26-22/h1-3,5,7-9,11,13-15H,4,6,10,12H2. The normalized spacial score (nSPS) is 14.3. The van der Waals surface area contributed by atoms with Crippen molar-refractivity contribution >= 4 is 42.4 Å². The van der Waals surface area contributed by atoms with Gasteiger partial charge >= 0.3 is 0 Å². The summed E-state index contributed by atoms with van der Waals surface area (Å²) in [5.74, 6) is 0. The van der Waals surface area contributed by atoms with Crippen LogP contribution in [0.15, 0.2) is 66.7 Å². The molecule has 0 radical (unpaired) electrons. The highest BCUT2D eigenvalue weighted by atomic mass is 32.1. The zero-order valence-electron chi connectivity index (χ0n) is 14.5. The van der Waals surface area contributed by atoms with E-state index in [9.17, 15) is 0 Å². The summed E-state index contributed by atoms with van der Waals surface area (Å²) < 4.78 is 5.34. The molecule has 0 unspecified atom stereocenters. The van der Waals surface area contributed by atoms with Crippen molar-refractivity contribution in [3.05, 3.63) is 78.0 Å². The van der Waals surface area contributed by atoms with Crippen molar-refractivity contribution in [2.75, 3.05) is 0 Å². The molecule has 0 atom stereocenters. The molecule has 0 amide bonds. The van der Waals surface area contributed by atoms with E-state index in [1.807, 2.05) is 11.3 Å². The highest BCUT2D eigenvalue weighted by Gasteiger charge is 2.23. The molecule has 0 fully saturated rings. The fourth-order valence-electron chi connectivity index (χ4n) is 4.70. The maximum Gasteiger partial charge on any atom is 0.0627 e. The number of thiophene rings is 1. The zero-order valence-corrected chi connectivity index (χ0v) is 15.4. The van der Waals surface area contributed by atoms with Crippen LogP contribution < -0.4 is 0 Å². The molecule has 5 aromatic rings. The summed E-state index contributed by atoms with van der Waals surface area (Å²) in [5, 5.41) is 4.28. The van der Waals surface area contributed by atoms with Gasteiger partial charge in [0.05, 0.1) is 5.52 Å². The van der Waals surface area contributed by atoms with Gasteiger partial charge in [-0.25, -0.2) is 0 Å². The van der Waals surface area contributed by atoms with Crippen LogP contribution in [0.5, 0.6) is 0 Å². The number of aryl methyl sites for hydroxylation is 1. The van der Waals surface area contributed by atoms with E-state index in [1.165, 1.54) is 68.1 Å². The van der Waals surface area contributed by atoms with Crippen molar-refractivity contribution in [3.8, 4) is 5.69 Å². The summed E-state index contributed by atoms with van der Waals surface area (Å²) in [6.45, 7) is 0. The number of rotatable bonds is 1. The summed E-state index contributed by atoms with van der Waals surface area (Å²) >= 11 is 1.91. The number of fused-ring (bicyclic) bond motifs is 7. The Morgan fingerprint density at radius 3 is 2.42 bits per heavy atom. The largest absolute Gasteiger partial charge is 0.313 e. The van der Waals surface area contributed by atoms with Gasteiger partial charge in [-0.05, 0) is 55.5 Å². The lowest BCUT2D eigenvalue weighted by molar-refractivity contribution is 0.667. The molecule has 26 heavy (non-hydrogen) atoms. The Morgan fingerprint density at radius 2 is 1.50 bits per heavy atom. The molecule has 2 heterocycles. The van der Waals surface area contributed by atoms with Crippen LogP contribution in [0.25, 0.3) is 36.8 Å². The SMILES string of the molecule is c1ccc(-n2c3c(c4ccc5sc6ccccc6c5c42)CCCC3)cc1. The van der Waals surface area contributed by atoms with Gasteiger partial charge in [0, 0.05) is 36.9 Å². The second kappa shape index (κ2) is 5.46. The molecule has 2 aromatic heterocycles. The summed E-state index contributed by atoms with van der Waals surface area (Å²) in [5.41, 5.74) is 5.81. The summed E-state index contributed by atoms with van der Waals surface area (Å²) in [7, 11) is 0. The quantitative estimate of drug-likeness (QED) is 0.310. The lowest BCUT2D eigenvalue weighted by atomic mass is 9.95. The van der Waals surface area contributed by atoms with Crippen molar-refractivity contribution in [3.63, 3.8) is 0 Å². The van der Waals surface area contributed by atoms with Gasteiger partial charge in [-0.2, -0.15) is 0 Å². The smallest absolute Gasteiger partial charge is 0.0627 e. The first-order valence-corrected chi connectivity index (χ1v) is 10.3. The number of benzene rings is 3. The van der Waals surface area contributed by atoms with E-state index in [0.717, 1.165) is 0 Å². The minimum Gasteiger partial charge on any atom is -0.313 e. The van der Waals surface area contributed by atoms with Gasteiger partial charge < -0.3 is 4.57 Å². The minimum atomic E-state index is 1.18. The maximum absolute atomic E-state index is 2.56. The highest BCUT2D eigenvalue weighted by Crippen LogP contribution is 2.43. The predicted octanol–water partition coefficient (Wildman–Crippen LogP) is 6.88. The predicted molar refractivity (Wildman–Crippen MR) is 113 cm³/mol. The molecule has 3 aromatic carbocycles. The van der Waals surface area contributed by atoms with E-state index in [1.54, 1.807) is 5.56 Å². The van der Waals surface area contributed by atoms with Gasteiger partial charge in [-0.1, -0.05) is 42.5 Å². The average Bonchev–Trinajstić information content (AvgIpc) is 3.24. The second-order valence-corrected chi connectivity index (χ2v) is 8.32. The molecule has 1 aliphatic rings. The molecule has 6 rings (SSSR count). The van der Waals surface area contributed by atoms with E-state index in [2.05, 4.69) is 71.3 Å². The fourth-order valence-corrected chi connectivity index (χ4v) is 5.81. The number of hydrogen-bond acceptors (Lipinski definition) is 1. The first-order valence-electron chi connectivity index (χ1n) is 9.43. The lowest BCUT2D eigenvalue weighted by Gasteiger charge is -2.16. The lowest BCUT2D eigenvalue weighted by Crippen LogP contribution is -2.06. The molecule has 0 N–H and O–H groups in total. The summed E-state index contributed by atoms with van der Waals surface area (Å²) in [6, 6.07) is 24.5. The molecular weight excluding hydrogens is 334 g/mol. The van der Waals surface area contributed by atoms with Crippen molar-refractivity contribution in [1.82, 2.24) is 4.57 Å². The van der Waals surface area contributed by atoms with Crippen molar-refractivity contribution in [2.24, 2.45) is 0 Å². The first-order chi connectivity index (χ1) is 12.9. The monoisotopic (exact) mass is 353 g/mol. The van der Waals surface area contributed by atoms with E-state index < -0.39 is 0 Å². The van der Waals surface area contributed by atoms with Crippen LogP contribution in [-0.2, 0) is 12.8 Å². The average molecular weight is 353 g/mol. The van der Waals surface area contributed by atoms with Gasteiger partial charge in [-0.15, -0.1) is 11.3 Å². The molecule has 0 saturated heterocycles. The molecule has 0 spiro atoms. The third-order valence-corrected chi connectivity index (χ3v) is 6.92. The molecule has 126 valence electrons. The number of nitrogens with zero attached hydrogens (tertiary/aromatic N) is 1. The summed E-state index contributed by atoms with van der Waals surface area (Å²) in [4.78, 5) is 0. The molecular formula is C24H19NS. The Hall–Kier alpha value is -2.58. The Morgan fingerprint density at radius 1 is 0.692 bits per heavy atom. The topological polar surface area (TPSA) is 4.93 Å². The van der Waals surface area contributed by atoms with Crippen LogP contribution >= 0.6 is 11.3 Å². The van der Waals surface area contributed by atoms with Crippen molar-refractivity contribution < 1.29 is 0 Å². The van der Waals surface area contributed by atoms with Gasteiger partial charge in [-0.3, -0.25) is 0 Å². The van der Waals surface area contributed by atoms with Crippen LogP contribution in [0.2, 0.25) is 0 Å². The minimum absolute atomic E-state index is 1.18. The van der Waals surface area contributed by atoms with Crippen LogP contribution in [0.4, 0.5) is 0 Å². The second-order valence-electron chi connectivity index (χ2n) is 7.24. The Kier molecular flexibility index (Phi) is 3.06. The van der Waals surface area contributed by atoms with Crippen LogP contribution in [0.3, 0.4) is 0 Å². The number of aromatic nitrogens is 1. The molecule has 1 nitrogen and oxygen atoms in total. The van der Waals surface area contributed by atoms with Gasteiger partial charge in [0.2, 0.25) is 0 Å².